The number of terminal acetylenes is 1. The van der Waals surface area contributed by atoms with Crippen molar-refractivity contribution in [3.05, 3.63) is 30.4 Å². The van der Waals surface area contributed by atoms with E-state index >= 15 is 0 Å². The van der Waals surface area contributed by atoms with E-state index in [4.69, 9.17) is 6.42 Å². The number of aromatic nitrogens is 4. The smallest absolute Gasteiger partial charge is 0.168 e. The van der Waals surface area contributed by atoms with Gasteiger partial charge < -0.3 is 0 Å². The van der Waals surface area contributed by atoms with Gasteiger partial charge in [0.2, 0.25) is 0 Å². The molecule has 0 saturated heterocycles. The van der Waals surface area contributed by atoms with Gasteiger partial charge in [0, 0.05) is 12.4 Å². The third kappa shape index (κ3) is 1.81. The summed E-state index contributed by atoms with van der Waals surface area (Å²) in [5.41, 5.74) is 1.63. The maximum absolute atomic E-state index is 10.8. The number of hydrogen-bond acceptors (Lipinski definition) is 4. The molecule has 0 spiro atoms. The molecule has 0 amide bonds. The third-order valence-electron chi connectivity index (χ3n) is 2.00. The van der Waals surface area contributed by atoms with Crippen molar-refractivity contribution in [2.75, 3.05) is 0 Å². The summed E-state index contributed by atoms with van der Waals surface area (Å²) in [6, 6.07) is 1.63. The number of carbonyl (C=O) groups is 1. The van der Waals surface area contributed by atoms with Crippen LogP contribution in [-0.2, 0) is 6.54 Å². The first-order valence-corrected chi connectivity index (χ1v) is 4.58. The number of nitrogens with zero attached hydrogens (tertiary/aromatic N) is 4. The Balaban J connectivity index is 2.45. The van der Waals surface area contributed by atoms with E-state index in [0.717, 1.165) is 0 Å². The summed E-state index contributed by atoms with van der Waals surface area (Å²) in [5.74, 6) is 2.43. The molecular weight excluding hydrogens is 204 g/mol. The first-order valence-electron chi connectivity index (χ1n) is 4.58. The Bertz CT molecular complexity index is 539. The quantitative estimate of drug-likeness (QED) is 0.557. The van der Waals surface area contributed by atoms with Crippen LogP contribution in [0, 0.1) is 12.3 Å². The molecule has 0 unspecified atom stereocenters. The second-order valence-electron chi connectivity index (χ2n) is 3.02. The molecule has 2 aromatic rings. The van der Waals surface area contributed by atoms with E-state index in [0.29, 0.717) is 23.4 Å². The Kier molecular flexibility index (Phi) is 2.74. The summed E-state index contributed by atoms with van der Waals surface area (Å²) in [7, 11) is 0. The molecule has 5 nitrogen and oxygen atoms in total. The lowest BCUT2D eigenvalue weighted by Crippen LogP contribution is -2.02. The molecule has 2 aromatic heterocycles. The molecule has 0 aliphatic rings. The van der Waals surface area contributed by atoms with Crippen molar-refractivity contribution < 1.29 is 4.79 Å². The minimum Gasteiger partial charge on any atom is -0.296 e. The normalized spacial score (nSPS) is 9.69. The van der Waals surface area contributed by atoms with Crippen molar-refractivity contribution in [1.82, 2.24) is 19.7 Å². The standard InChI is InChI=1S/C11H8N4O/c1-2-5-15-9(8-16)6-10(14-15)11-7-12-3-4-13-11/h1,3-4,6-8H,5H2. The average Bonchev–Trinajstić information content (AvgIpc) is 2.74. The molecule has 0 fully saturated rings. The summed E-state index contributed by atoms with van der Waals surface area (Å²) >= 11 is 0. The number of rotatable bonds is 3. The minimum absolute atomic E-state index is 0.258. The van der Waals surface area contributed by atoms with Gasteiger partial charge in [0.25, 0.3) is 0 Å². The Morgan fingerprint density at radius 3 is 2.94 bits per heavy atom. The molecule has 0 aliphatic heterocycles. The van der Waals surface area contributed by atoms with Crippen molar-refractivity contribution in [3.63, 3.8) is 0 Å². The van der Waals surface area contributed by atoms with E-state index in [1.54, 1.807) is 24.7 Å². The second kappa shape index (κ2) is 4.36. The second-order valence-corrected chi connectivity index (χ2v) is 3.02. The van der Waals surface area contributed by atoms with Gasteiger partial charge in [-0.15, -0.1) is 6.42 Å². The van der Waals surface area contributed by atoms with Crippen LogP contribution in [0.5, 0.6) is 0 Å². The Hall–Kier alpha value is -2.48. The van der Waals surface area contributed by atoms with E-state index in [1.807, 2.05) is 0 Å². The number of hydrogen-bond donors (Lipinski definition) is 0. The van der Waals surface area contributed by atoms with Crippen molar-refractivity contribution in [1.29, 1.82) is 0 Å². The van der Waals surface area contributed by atoms with Gasteiger partial charge in [-0.3, -0.25) is 14.8 Å². The molecule has 0 bridgehead atoms. The summed E-state index contributed by atoms with van der Waals surface area (Å²) in [6.45, 7) is 0.258. The van der Waals surface area contributed by atoms with Gasteiger partial charge in [-0.25, -0.2) is 4.68 Å². The van der Waals surface area contributed by atoms with Crippen LogP contribution in [0.25, 0.3) is 11.4 Å². The molecule has 0 N–H and O–H groups in total. The van der Waals surface area contributed by atoms with Crippen LogP contribution in [0.1, 0.15) is 10.5 Å². The van der Waals surface area contributed by atoms with Gasteiger partial charge in [0.1, 0.15) is 23.6 Å². The Morgan fingerprint density at radius 2 is 2.31 bits per heavy atom. The summed E-state index contributed by atoms with van der Waals surface area (Å²) in [5, 5.41) is 4.18. The number of aldehydes is 1. The Labute approximate surface area is 92.2 Å². The molecule has 16 heavy (non-hydrogen) atoms. The van der Waals surface area contributed by atoms with Crippen molar-refractivity contribution in [2.45, 2.75) is 6.54 Å². The lowest BCUT2D eigenvalue weighted by atomic mass is 10.3. The van der Waals surface area contributed by atoms with Gasteiger partial charge in [-0.1, -0.05) is 5.92 Å². The van der Waals surface area contributed by atoms with Gasteiger partial charge in [0.05, 0.1) is 6.20 Å². The predicted molar refractivity (Wildman–Crippen MR) is 57.5 cm³/mol. The molecule has 5 heteroatoms. The SMILES string of the molecule is C#CCn1nc(-c2cnccn2)cc1C=O. The first-order chi connectivity index (χ1) is 7.85. The molecule has 0 saturated carbocycles. The minimum atomic E-state index is 0.258. The van der Waals surface area contributed by atoms with Gasteiger partial charge in [-0.2, -0.15) is 5.10 Å². The third-order valence-corrected chi connectivity index (χ3v) is 2.00. The molecule has 0 aromatic carbocycles. The first kappa shape index (κ1) is 10.1. The molecule has 78 valence electrons. The molecule has 2 heterocycles. The van der Waals surface area contributed by atoms with E-state index in [-0.39, 0.29) is 6.54 Å². The highest BCUT2D eigenvalue weighted by Crippen LogP contribution is 2.14. The molecule has 2 rings (SSSR count). The van der Waals surface area contributed by atoms with Crippen LogP contribution in [-0.4, -0.2) is 26.0 Å². The highest BCUT2D eigenvalue weighted by atomic mass is 16.1. The van der Waals surface area contributed by atoms with Gasteiger partial charge >= 0.3 is 0 Å². The van der Waals surface area contributed by atoms with Gasteiger partial charge in [0.15, 0.2) is 6.29 Å². The molecule has 0 radical (unpaired) electrons. The van der Waals surface area contributed by atoms with Crippen LogP contribution in [0.2, 0.25) is 0 Å². The molecule has 0 aliphatic carbocycles. The van der Waals surface area contributed by atoms with E-state index in [1.165, 1.54) is 4.68 Å². The van der Waals surface area contributed by atoms with Crippen LogP contribution in [0.15, 0.2) is 24.7 Å². The highest BCUT2D eigenvalue weighted by Gasteiger charge is 2.08. The highest BCUT2D eigenvalue weighted by molar-refractivity contribution is 5.75. The average molecular weight is 212 g/mol. The fourth-order valence-electron chi connectivity index (χ4n) is 1.30. The number of carbonyl (C=O) groups excluding carboxylic acids is 1. The van der Waals surface area contributed by atoms with Crippen LogP contribution >= 0.6 is 0 Å². The molecule has 0 atom stereocenters. The van der Waals surface area contributed by atoms with Crippen LogP contribution in [0.3, 0.4) is 0 Å². The van der Waals surface area contributed by atoms with Crippen LogP contribution < -0.4 is 0 Å². The summed E-state index contributed by atoms with van der Waals surface area (Å²) in [6.07, 6.45) is 10.6. The van der Waals surface area contributed by atoms with Crippen LogP contribution in [0.4, 0.5) is 0 Å². The molecular formula is C11H8N4O. The monoisotopic (exact) mass is 212 g/mol. The van der Waals surface area contributed by atoms with Crippen molar-refractivity contribution in [2.24, 2.45) is 0 Å². The lowest BCUT2D eigenvalue weighted by Gasteiger charge is -1.95. The maximum Gasteiger partial charge on any atom is 0.168 e. The Morgan fingerprint density at radius 1 is 1.44 bits per heavy atom. The van der Waals surface area contributed by atoms with Crippen molar-refractivity contribution in [3.8, 4) is 23.7 Å². The largest absolute Gasteiger partial charge is 0.296 e. The van der Waals surface area contributed by atoms with E-state index < -0.39 is 0 Å². The summed E-state index contributed by atoms with van der Waals surface area (Å²) in [4.78, 5) is 18.8. The van der Waals surface area contributed by atoms with E-state index in [9.17, 15) is 4.79 Å². The maximum atomic E-state index is 10.8. The fraction of sp³-hybridized carbons (Fsp3) is 0.0909. The summed E-state index contributed by atoms with van der Waals surface area (Å²) < 4.78 is 1.46. The van der Waals surface area contributed by atoms with Crippen molar-refractivity contribution >= 4 is 6.29 Å². The van der Waals surface area contributed by atoms with E-state index in [2.05, 4.69) is 21.0 Å². The predicted octanol–water partition coefficient (Wildman–Crippen LogP) is 0.786. The zero-order valence-corrected chi connectivity index (χ0v) is 8.37. The topological polar surface area (TPSA) is 60.7 Å². The lowest BCUT2D eigenvalue weighted by molar-refractivity contribution is 0.111. The van der Waals surface area contributed by atoms with Gasteiger partial charge in [-0.05, 0) is 6.07 Å². The fourth-order valence-corrected chi connectivity index (χ4v) is 1.30. The zero-order valence-electron chi connectivity index (χ0n) is 8.37. The zero-order chi connectivity index (χ0) is 11.4.